The molecule has 0 aliphatic carbocycles. The molecule has 1 atom stereocenters. The number of nitrogens with one attached hydrogen (secondary N) is 1. The lowest BCUT2D eigenvalue weighted by Crippen LogP contribution is -2.44. The van der Waals surface area contributed by atoms with Gasteiger partial charge in [-0.1, -0.05) is 43.6 Å². The highest BCUT2D eigenvalue weighted by Crippen LogP contribution is 2.29. The fourth-order valence-corrected chi connectivity index (χ4v) is 3.08. The van der Waals surface area contributed by atoms with Gasteiger partial charge in [-0.2, -0.15) is 0 Å². The standard InChI is InChI=1S/C16H22ClN3O2/c1-16(2,12-5-3-4-6-13(12)17)10-19-15(22)20-8-7-11(9-20)14(18)21/h3-6,11H,7-10H2,1-2H3,(H2,18,21)(H,19,22). The van der Waals surface area contributed by atoms with Gasteiger partial charge in [-0.05, 0) is 18.1 Å². The second-order valence-corrected chi connectivity index (χ2v) is 6.76. The minimum Gasteiger partial charge on any atom is -0.369 e. The van der Waals surface area contributed by atoms with E-state index in [-0.39, 0.29) is 23.3 Å². The molecule has 0 radical (unpaired) electrons. The average molecular weight is 324 g/mol. The van der Waals surface area contributed by atoms with E-state index in [1.165, 1.54) is 0 Å². The van der Waals surface area contributed by atoms with Gasteiger partial charge in [-0.25, -0.2) is 4.79 Å². The van der Waals surface area contributed by atoms with Crippen LogP contribution in [0.1, 0.15) is 25.8 Å². The van der Waals surface area contributed by atoms with Crippen LogP contribution in [-0.4, -0.2) is 36.5 Å². The molecule has 2 rings (SSSR count). The zero-order valence-corrected chi connectivity index (χ0v) is 13.7. The van der Waals surface area contributed by atoms with E-state index < -0.39 is 0 Å². The number of urea groups is 1. The molecular formula is C16H22ClN3O2. The van der Waals surface area contributed by atoms with Gasteiger partial charge in [-0.15, -0.1) is 0 Å². The van der Waals surface area contributed by atoms with Crippen LogP contribution in [0.2, 0.25) is 5.02 Å². The Labute approximate surface area is 135 Å². The minimum absolute atomic E-state index is 0.163. The minimum atomic E-state index is -0.341. The monoisotopic (exact) mass is 323 g/mol. The maximum Gasteiger partial charge on any atom is 0.317 e. The van der Waals surface area contributed by atoms with Gasteiger partial charge in [0.1, 0.15) is 0 Å². The Morgan fingerprint density at radius 1 is 1.41 bits per heavy atom. The molecule has 22 heavy (non-hydrogen) atoms. The van der Waals surface area contributed by atoms with E-state index in [0.29, 0.717) is 31.1 Å². The molecule has 3 N–H and O–H groups in total. The number of hydrogen-bond acceptors (Lipinski definition) is 2. The molecule has 120 valence electrons. The highest BCUT2D eigenvalue weighted by atomic mass is 35.5. The van der Waals surface area contributed by atoms with Gasteiger partial charge in [0.05, 0.1) is 5.92 Å². The molecule has 6 heteroatoms. The molecule has 1 aliphatic heterocycles. The van der Waals surface area contributed by atoms with Crippen molar-refractivity contribution < 1.29 is 9.59 Å². The van der Waals surface area contributed by atoms with E-state index in [2.05, 4.69) is 5.32 Å². The molecule has 1 aromatic carbocycles. The van der Waals surface area contributed by atoms with Crippen molar-refractivity contribution >= 4 is 23.5 Å². The molecule has 3 amide bonds. The summed E-state index contributed by atoms with van der Waals surface area (Å²) in [7, 11) is 0. The number of carbonyl (C=O) groups excluding carboxylic acids is 2. The van der Waals surface area contributed by atoms with E-state index in [1.807, 2.05) is 38.1 Å². The van der Waals surface area contributed by atoms with Crippen molar-refractivity contribution in [3.8, 4) is 0 Å². The third-order valence-electron chi connectivity index (χ3n) is 4.16. The van der Waals surface area contributed by atoms with Crippen LogP contribution in [0.5, 0.6) is 0 Å². The van der Waals surface area contributed by atoms with Gasteiger partial charge in [0.25, 0.3) is 0 Å². The van der Waals surface area contributed by atoms with Gasteiger partial charge >= 0.3 is 6.03 Å². The van der Waals surface area contributed by atoms with E-state index in [1.54, 1.807) is 4.90 Å². The number of benzene rings is 1. The van der Waals surface area contributed by atoms with Gasteiger partial charge in [0.15, 0.2) is 0 Å². The Hall–Kier alpha value is -1.75. The van der Waals surface area contributed by atoms with E-state index >= 15 is 0 Å². The van der Waals surface area contributed by atoms with Crippen molar-refractivity contribution in [3.05, 3.63) is 34.9 Å². The molecule has 1 saturated heterocycles. The first kappa shape index (κ1) is 16.6. The fraction of sp³-hybridized carbons (Fsp3) is 0.500. The second kappa shape index (κ2) is 6.57. The quantitative estimate of drug-likeness (QED) is 0.890. The number of carbonyl (C=O) groups is 2. The highest BCUT2D eigenvalue weighted by molar-refractivity contribution is 6.31. The van der Waals surface area contributed by atoms with E-state index in [9.17, 15) is 9.59 Å². The summed E-state index contributed by atoms with van der Waals surface area (Å²) in [5.41, 5.74) is 6.00. The van der Waals surface area contributed by atoms with Crippen LogP contribution in [0.3, 0.4) is 0 Å². The van der Waals surface area contributed by atoms with Crippen molar-refractivity contribution in [1.82, 2.24) is 10.2 Å². The fourth-order valence-electron chi connectivity index (χ4n) is 2.69. The summed E-state index contributed by atoms with van der Waals surface area (Å²) >= 11 is 6.23. The molecule has 0 saturated carbocycles. The Morgan fingerprint density at radius 3 is 2.68 bits per heavy atom. The lowest BCUT2D eigenvalue weighted by Gasteiger charge is -2.28. The lowest BCUT2D eigenvalue weighted by atomic mass is 9.84. The maximum absolute atomic E-state index is 12.2. The Morgan fingerprint density at radius 2 is 2.09 bits per heavy atom. The highest BCUT2D eigenvalue weighted by Gasteiger charge is 2.31. The molecule has 1 aliphatic rings. The molecule has 1 aromatic rings. The summed E-state index contributed by atoms with van der Waals surface area (Å²) in [6.07, 6.45) is 0.636. The molecule has 1 fully saturated rings. The summed E-state index contributed by atoms with van der Waals surface area (Å²) in [6, 6.07) is 7.47. The van der Waals surface area contributed by atoms with Crippen LogP contribution in [0.4, 0.5) is 4.79 Å². The smallest absolute Gasteiger partial charge is 0.317 e. The lowest BCUT2D eigenvalue weighted by molar-refractivity contribution is -0.121. The molecule has 0 aromatic heterocycles. The molecular weight excluding hydrogens is 302 g/mol. The van der Waals surface area contributed by atoms with Gasteiger partial charge in [0.2, 0.25) is 5.91 Å². The summed E-state index contributed by atoms with van der Waals surface area (Å²) in [6.45, 7) is 5.49. The number of nitrogens with two attached hydrogens (primary N) is 1. The number of rotatable bonds is 4. The first-order chi connectivity index (χ1) is 10.3. The van der Waals surface area contributed by atoms with Gasteiger partial charge < -0.3 is 16.0 Å². The first-order valence-electron chi connectivity index (χ1n) is 7.38. The Kier molecular flexibility index (Phi) is 4.96. The summed E-state index contributed by atoms with van der Waals surface area (Å²) in [5.74, 6) is -0.575. The molecule has 5 nitrogen and oxygen atoms in total. The van der Waals surface area contributed by atoms with Crippen molar-refractivity contribution in [2.75, 3.05) is 19.6 Å². The zero-order chi connectivity index (χ0) is 16.3. The van der Waals surface area contributed by atoms with Gasteiger partial charge in [0, 0.05) is 30.1 Å². The van der Waals surface area contributed by atoms with E-state index in [4.69, 9.17) is 17.3 Å². The predicted molar refractivity (Wildman–Crippen MR) is 86.8 cm³/mol. The number of likely N-dealkylation sites (tertiary alicyclic amines) is 1. The SMILES string of the molecule is CC(C)(CNC(=O)N1CCC(C(N)=O)C1)c1ccccc1Cl. The van der Waals surface area contributed by atoms with Gasteiger partial charge in [-0.3, -0.25) is 4.79 Å². The predicted octanol–water partition coefficient (Wildman–Crippen LogP) is 2.13. The maximum atomic E-state index is 12.2. The summed E-state index contributed by atoms with van der Waals surface area (Å²) in [4.78, 5) is 25.0. The molecule has 1 heterocycles. The largest absolute Gasteiger partial charge is 0.369 e. The Bertz CT molecular complexity index is 574. The van der Waals surface area contributed by atoms with Crippen LogP contribution in [0, 0.1) is 5.92 Å². The topological polar surface area (TPSA) is 75.4 Å². The molecule has 0 spiro atoms. The average Bonchev–Trinajstić information content (AvgIpc) is 2.95. The third-order valence-corrected chi connectivity index (χ3v) is 4.49. The second-order valence-electron chi connectivity index (χ2n) is 6.36. The zero-order valence-electron chi connectivity index (χ0n) is 12.9. The van der Waals surface area contributed by atoms with E-state index in [0.717, 1.165) is 5.56 Å². The van der Waals surface area contributed by atoms with Crippen LogP contribution in [0.25, 0.3) is 0 Å². The van der Waals surface area contributed by atoms with Crippen LogP contribution in [-0.2, 0) is 10.2 Å². The Balaban J connectivity index is 1.94. The van der Waals surface area contributed by atoms with Crippen LogP contribution < -0.4 is 11.1 Å². The molecule has 0 bridgehead atoms. The normalized spacial score (nSPS) is 18.3. The number of amides is 3. The number of primary amides is 1. The third kappa shape index (κ3) is 3.71. The van der Waals surface area contributed by atoms with Crippen molar-refractivity contribution in [2.24, 2.45) is 11.7 Å². The van der Waals surface area contributed by atoms with Crippen molar-refractivity contribution in [1.29, 1.82) is 0 Å². The number of nitrogens with zero attached hydrogens (tertiary/aromatic N) is 1. The molecule has 1 unspecified atom stereocenters. The summed E-state index contributed by atoms with van der Waals surface area (Å²) < 4.78 is 0. The van der Waals surface area contributed by atoms with Crippen LogP contribution in [0.15, 0.2) is 24.3 Å². The van der Waals surface area contributed by atoms with Crippen LogP contribution >= 0.6 is 11.6 Å². The van der Waals surface area contributed by atoms with Crippen molar-refractivity contribution in [2.45, 2.75) is 25.7 Å². The summed E-state index contributed by atoms with van der Waals surface area (Å²) in [5, 5.41) is 3.62. The van der Waals surface area contributed by atoms with Crippen molar-refractivity contribution in [3.63, 3.8) is 0 Å². The first-order valence-corrected chi connectivity index (χ1v) is 7.76. The number of hydrogen-bond donors (Lipinski definition) is 2. The number of halogens is 1.